The SMILES string of the molecule is CN(C)c1ccc(NC(=O)c2cnc[nH]2)cc1. The third-order valence-electron chi connectivity index (χ3n) is 2.38. The van der Waals surface area contributed by atoms with E-state index in [1.54, 1.807) is 0 Å². The number of nitrogens with one attached hydrogen (secondary N) is 2. The molecule has 0 saturated heterocycles. The number of carbonyl (C=O) groups is 1. The molecule has 1 amide bonds. The Hall–Kier alpha value is -2.30. The summed E-state index contributed by atoms with van der Waals surface area (Å²) in [6, 6.07) is 7.62. The van der Waals surface area contributed by atoms with Gasteiger partial charge in [0.05, 0.1) is 12.5 Å². The summed E-state index contributed by atoms with van der Waals surface area (Å²) in [5, 5.41) is 2.78. The number of rotatable bonds is 3. The number of aromatic nitrogens is 2. The van der Waals surface area contributed by atoms with E-state index in [4.69, 9.17) is 0 Å². The summed E-state index contributed by atoms with van der Waals surface area (Å²) >= 11 is 0. The summed E-state index contributed by atoms with van der Waals surface area (Å²) in [6.07, 6.45) is 2.97. The Kier molecular flexibility index (Phi) is 3.09. The van der Waals surface area contributed by atoms with Gasteiger partial charge >= 0.3 is 0 Å². The van der Waals surface area contributed by atoms with Crippen molar-refractivity contribution in [3.05, 3.63) is 42.5 Å². The zero-order chi connectivity index (χ0) is 12.3. The molecule has 0 unspecified atom stereocenters. The van der Waals surface area contributed by atoms with Crippen LogP contribution in [0, 0.1) is 0 Å². The minimum absolute atomic E-state index is 0.194. The first-order valence-electron chi connectivity index (χ1n) is 5.24. The Bertz CT molecular complexity index is 488. The largest absolute Gasteiger partial charge is 0.378 e. The number of amides is 1. The predicted molar refractivity (Wildman–Crippen MR) is 67.3 cm³/mol. The zero-order valence-corrected chi connectivity index (χ0v) is 9.77. The van der Waals surface area contributed by atoms with Crippen molar-refractivity contribution in [3.8, 4) is 0 Å². The van der Waals surface area contributed by atoms with Gasteiger partial charge in [-0.25, -0.2) is 4.98 Å². The van der Waals surface area contributed by atoms with Crippen molar-refractivity contribution in [1.29, 1.82) is 0 Å². The van der Waals surface area contributed by atoms with E-state index >= 15 is 0 Å². The molecule has 2 aromatic rings. The van der Waals surface area contributed by atoms with Crippen LogP contribution in [0.15, 0.2) is 36.8 Å². The molecular weight excluding hydrogens is 216 g/mol. The van der Waals surface area contributed by atoms with Crippen molar-refractivity contribution in [2.75, 3.05) is 24.3 Å². The molecule has 0 atom stereocenters. The van der Waals surface area contributed by atoms with Gasteiger partial charge in [-0.2, -0.15) is 0 Å². The summed E-state index contributed by atoms with van der Waals surface area (Å²) in [4.78, 5) is 20.3. The van der Waals surface area contributed by atoms with Crippen LogP contribution in [0.2, 0.25) is 0 Å². The molecule has 0 spiro atoms. The molecular formula is C12H14N4O. The van der Waals surface area contributed by atoms with Crippen molar-refractivity contribution in [2.45, 2.75) is 0 Å². The molecule has 5 heteroatoms. The standard InChI is InChI=1S/C12H14N4O/c1-16(2)10-5-3-9(4-6-10)15-12(17)11-7-13-8-14-11/h3-8H,1-2H3,(H,13,14)(H,15,17). The molecule has 17 heavy (non-hydrogen) atoms. The summed E-state index contributed by atoms with van der Waals surface area (Å²) in [6.45, 7) is 0. The molecule has 0 aliphatic heterocycles. The van der Waals surface area contributed by atoms with Crippen LogP contribution in [-0.2, 0) is 0 Å². The lowest BCUT2D eigenvalue weighted by Crippen LogP contribution is -2.12. The number of aromatic amines is 1. The highest BCUT2D eigenvalue weighted by Crippen LogP contribution is 2.15. The highest BCUT2D eigenvalue weighted by molar-refractivity contribution is 6.02. The maximum absolute atomic E-state index is 11.7. The van der Waals surface area contributed by atoms with E-state index in [1.165, 1.54) is 12.5 Å². The number of hydrogen-bond acceptors (Lipinski definition) is 3. The van der Waals surface area contributed by atoms with Gasteiger partial charge in [0.1, 0.15) is 5.69 Å². The number of carbonyl (C=O) groups excluding carboxylic acids is 1. The molecule has 0 saturated carbocycles. The van der Waals surface area contributed by atoms with E-state index < -0.39 is 0 Å². The van der Waals surface area contributed by atoms with Crippen LogP contribution in [0.1, 0.15) is 10.5 Å². The molecule has 0 aliphatic carbocycles. The van der Waals surface area contributed by atoms with E-state index in [0.29, 0.717) is 5.69 Å². The fraction of sp³-hybridized carbons (Fsp3) is 0.167. The minimum Gasteiger partial charge on any atom is -0.378 e. The quantitative estimate of drug-likeness (QED) is 0.844. The van der Waals surface area contributed by atoms with Gasteiger partial charge in [0.2, 0.25) is 0 Å². The molecule has 2 rings (SSSR count). The molecule has 0 aliphatic rings. The van der Waals surface area contributed by atoms with Gasteiger partial charge < -0.3 is 15.2 Å². The van der Waals surface area contributed by atoms with Gasteiger partial charge in [-0.1, -0.05) is 0 Å². The average Bonchev–Trinajstić information content (AvgIpc) is 2.83. The van der Waals surface area contributed by atoms with E-state index in [9.17, 15) is 4.79 Å². The first-order chi connectivity index (χ1) is 8.16. The third kappa shape index (κ3) is 2.63. The highest BCUT2D eigenvalue weighted by Gasteiger charge is 2.06. The fourth-order valence-electron chi connectivity index (χ4n) is 1.42. The molecule has 0 bridgehead atoms. The van der Waals surface area contributed by atoms with E-state index in [2.05, 4.69) is 15.3 Å². The van der Waals surface area contributed by atoms with Crippen LogP contribution in [0.3, 0.4) is 0 Å². The van der Waals surface area contributed by atoms with Crippen LogP contribution >= 0.6 is 0 Å². The smallest absolute Gasteiger partial charge is 0.273 e. The van der Waals surface area contributed by atoms with Crippen LogP contribution in [0.5, 0.6) is 0 Å². The normalized spacial score (nSPS) is 10.0. The molecule has 2 N–H and O–H groups in total. The van der Waals surface area contributed by atoms with Crippen molar-refractivity contribution < 1.29 is 4.79 Å². The van der Waals surface area contributed by atoms with Crippen molar-refractivity contribution in [1.82, 2.24) is 9.97 Å². The lowest BCUT2D eigenvalue weighted by atomic mass is 10.2. The molecule has 1 aromatic carbocycles. The monoisotopic (exact) mass is 230 g/mol. The van der Waals surface area contributed by atoms with Crippen LogP contribution in [0.4, 0.5) is 11.4 Å². The molecule has 88 valence electrons. The lowest BCUT2D eigenvalue weighted by Gasteiger charge is -2.12. The van der Waals surface area contributed by atoms with E-state index in [1.807, 2.05) is 43.3 Å². The first kappa shape index (κ1) is 11.2. The maximum atomic E-state index is 11.7. The van der Waals surface area contributed by atoms with Crippen molar-refractivity contribution >= 4 is 17.3 Å². The Balaban J connectivity index is 2.07. The van der Waals surface area contributed by atoms with Gasteiger partial charge in [0.25, 0.3) is 5.91 Å². The van der Waals surface area contributed by atoms with Crippen molar-refractivity contribution in [3.63, 3.8) is 0 Å². The van der Waals surface area contributed by atoms with Crippen molar-refractivity contribution in [2.24, 2.45) is 0 Å². The Morgan fingerprint density at radius 2 is 2.00 bits per heavy atom. The molecule has 0 fully saturated rings. The predicted octanol–water partition coefficient (Wildman–Crippen LogP) is 1.73. The second kappa shape index (κ2) is 4.69. The van der Waals surface area contributed by atoms with Gasteiger partial charge in [0.15, 0.2) is 0 Å². The summed E-state index contributed by atoms with van der Waals surface area (Å²) in [7, 11) is 3.94. The highest BCUT2D eigenvalue weighted by atomic mass is 16.1. The van der Waals surface area contributed by atoms with Crippen LogP contribution < -0.4 is 10.2 Å². The summed E-state index contributed by atoms with van der Waals surface area (Å²) < 4.78 is 0. The number of hydrogen-bond donors (Lipinski definition) is 2. The number of imidazole rings is 1. The van der Waals surface area contributed by atoms with Crippen LogP contribution in [-0.4, -0.2) is 30.0 Å². The average molecular weight is 230 g/mol. The van der Waals surface area contributed by atoms with E-state index in [0.717, 1.165) is 11.4 Å². The first-order valence-corrected chi connectivity index (χ1v) is 5.24. The third-order valence-corrected chi connectivity index (χ3v) is 2.38. The number of H-pyrrole nitrogens is 1. The number of nitrogens with zero attached hydrogens (tertiary/aromatic N) is 2. The van der Waals surface area contributed by atoms with Gasteiger partial charge in [0, 0.05) is 25.5 Å². The second-order valence-electron chi connectivity index (χ2n) is 3.86. The number of anilines is 2. The summed E-state index contributed by atoms with van der Waals surface area (Å²) in [5.74, 6) is -0.194. The minimum atomic E-state index is -0.194. The topological polar surface area (TPSA) is 61.0 Å². The maximum Gasteiger partial charge on any atom is 0.273 e. The molecule has 5 nitrogen and oxygen atoms in total. The molecule has 0 radical (unpaired) electrons. The van der Waals surface area contributed by atoms with Gasteiger partial charge in [-0.15, -0.1) is 0 Å². The van der Waals surface area contributed by atoms with E-state index in [-0.39, 0.29) is 5.91 Å². The molecule has 1 aromatic heterocycles. The summed E-state index contributed by atoms with van der Waals surface area (Å²) in [5.41, 5.74) is 2.29. The zero-order valence-electron chi connectivity index (χ0n) is 9.77. The second-order valence-corrected chi connectivity index (χ2v) is 3.86. The Morgan fingerprint density at radius 1 is 1.29 bits per heavy atom. The Morgan fingerprint density at radius 3 is 2.53 bits per heavy atom. The van der Waals surface area contributed by atoms with Gasteiger partial charge in [-0.05, 0) is 24.3 Å². The van der Waals surface area contributed by atoms with Crippen LogP contribution in [0.25, 0.3) is 0 Å². The molecule has 1 heterocycles. The lowest BCUT2D eigenvalue weighted by molar-refractivity contribution is 0.102. The van der Waals surface area contributed by atoms with Gasteiger partial charge in [-0.3, -0.25) is 4.79 Å². The number of benzene rings is 1. The fourth-order valence-corrected chi connectivity index (χ4v) is 1.42. The Labute approximate surface area is 99.5 Å².